The fraction of sp³-hybridized carbons (Fsp3) is 0.462. The van der Waals surface area contributed by atoms with Crippen molar-refractivity contribution in [3.8, 4) is 5.75 Å². The van der Waals surface area contributed by atoms with Gasteiger partial charge in [0.15, 0.2) is 0 Å². The first-order valence-corrected chi connectivity index (χ1v) is 11.8. The third kappa shape index (κ3) is 9.44. The van der Waals surface area contributed by atoms with Crippen LogP contribution < -0.4 is 19.7 Å². The van der Waals surface area contributed by atoms with Crippen molar-refractivity contribution >= 4 is 23.8 Å². The number of esters is 1. The number of rotatable bonds is 6. The van der Waals surface area contributed by atoms with Crippen LogP contribution in [0.2, 0.25) is 0 Å². The van der Waals surface area contributed by atoms with E-state index in [-0.39, 0.29) is 11.9 Å². The number of hydrogen-bond acceptors (Lipinski definition) is 7. The summed E-state index contributed by atoms with van der Waals surface area (Å²) in [5, 5.41) is 13.0. The Balaban J connectivity index is 0.000000830. The molecular weight excluding hydrogens is 466 g/mol. The number of carbonyl (C=O) groups excluding carboxylic acids is 3. The molecule has 2 N–H and O–H groups in total. The molecule has 1 aromatic heterocycles. The quantitative estimate of drug-likeness (QED) is 0.270. The third-order valence-corrected chi connectivity index (χ3v) is 5.07. The average Bonchev–Trinajstić information content (AvgIpc) is 3.00. The highest BCUT2D eigenvalue weighted by molar-refractivity contribution is 5.85. The largest absolute Gasteiger partial charge is 0.507 e. The van der Waals surface area contributed by atoms with E-state index in [9.17, 15) is 19.6 Å². The Morgan fingerprint density at radius 2 is 1.86 bits per heavy atom. The van der Waals surface area contributed by atoms with Crippen molar-refractivity contribution in [3.05, 3.63) is 53.7 Å². The number of carbonyl (C=O) groups is 3. The maximum absolute atomic E-state index is 12.7. The van der Waals surface area contributed by atoms with Gasteiger partial charge < -0.3 is 24.7 Å². The van der Waals surface area contributed by atoms with Gasteiger partial charge in [-0.25, -0.2) is 0 Å². The average molecular weight is 503 g/mol. The van der Waals surface area contributed by atoms with Gasteiger partial charge in [0, 0.05) is 32.4 Å². The molecule has 3 rings (SSSR count). The minimum Gasteiger partial charge on any atom is -0.493 e. The van der Waals surface area contributed by atoms with E-state index in [2.05, 4.69) is 10.1 Å². The molecule has 0 spiro atoms. The van der Waals surface area contributed by atoms with Crippen LogP contribution in [0.4, 0.5) is 10.6 Å². The lowest BCUT2D eigenvalue weighted by Gasteiger charge is -2.22. The van der Waals surface area contributed by atoms with E-state index < -0.39 is 11.7 Å². The molecule has 10 heteroatoms. The van der Waals surface area contributed by atoms with E-state index in [0.29, 0.717) is 38.4 Å². The van der Waals surface area contributed by atoms with E-state index >= 15 is 0 Å². The number of fused-ring (bicyclic) bond motifs is 1. The van der Waals surface area contributed by atoms with Gasteiger partial charge in [0.05, 0.1) is 13.7 Å². The maximum Gasteiger partial charge on any atom is 0.507 e. The van der Waals surface area contributed by atoms with Gasteiger partial charge in [0.2, 0.25) is 5.91 Å². The van der Waals surface area contributed by atoms with Crippen molar-refractivity contribution in [1.82, 2.24) is 5.32 Å². The number of benzene rings is 1. The number of amides is 2. The smallest absolute Gasteiger partial charge is 0.493 e. The summed E-state index contributed by atoms with van der Waals surface area (Å²) in [6.45, 7) is 7.94. The normalized spacial score (nSPS) is 12.6. The second-order valence-electron chi connectivity index (χ2n) is 9.14. The SMILES string of the molecule is CC(C)(C)OC(=O)N(CCCOc1ccc2c(c1)CNC(=O)CC2)c1cccc[n+]1O.COC(C)=O. The molecule has 0 saturated carbocycles. The molecule has 2 amide bonds. The van der Waals surface area contributed by atoms with Crippen LogP contribution in [-0.2, 0) is 32.0 Å². The van der Waals surface area contributed by atoms with Gasteiger partial charge in [-0.1, -0.05) is 16.9 Å². The molecule has 1 aromatic carbocycles. The summed E-state index contributed by atoms with van der Waals surface area (Å²) >= 11 is 0. The van der Waals surface area contributed by atoms with Crippen LogP contribution in [0.1, 0.15) is 51.7 Å². The second-order valence-corrected chi connectivity index (χ2v) is 9.14. The summed E-state index contributed by atoms with van der Waals surface area (Å²) in [5.74, 6) is 0.848. The van der Waals surface area contributed by atoms with E-state index in [1.54, 1.807) is 39.0 Å². The highest BCUT2D eigenvalue weighted by atomic mass is 16.6. The lowest BCUT2D eigenvalue weighted by Crippen LogP contribution is -2.45. The summed E-state index contributed by atoms with van der Waals surface area (Å²) in [5.41, 5.74) is 1.56. The number of hydrogen-bond donors (Lipinski definition) is 2. The van der Waals surface area contributed by atoms with Crippen LogP contribution in [0.25, 0.3) is 0 Å². The molecule has 1 aliphatic rings. The molecule has 0 radical (unpaired) electrons. The lowest BCUT2D eigenvalue weighted by atomic mass is 10.0. The van der Waals surface area contributed by atoms with Gasteiger partial charge in [0.25, 0.3) is 0 Å². The van der Waals surface area contributed by atoms with Crippen molar-refractivity contribution in [2.24, 2.45) is 0 Å². The number of aromatic nitrogens is 1. The molecule has 0 bridgehead atoms. The van der Waals surface area contributed by atoms with Crippen LogP contribution in [0.3, 0.4) is 0 Å². The number of anilines is 1. The second kappa shape index (κ2) is 13.3. The highest BCUT2D eigenvalue weighted by Gasteiger charge is 2.32. The number of nitrogens with one attached hydrogen (secondary N) is 1. The first-order valence-electron chi connectivity index (χ1n) is 11.8. The topological polar surface area (TPSA) is 118 Å². The zero-order valence-corrected chi connectivity index (χ0v) is 21.6. The third-order valence-electron chi connectivity index (χ3n) is 5.07. The molecule has 1 aliphatic heterocycles. The Bertz CT molecular complexity index is 1050. The molecule has 2 aromatic rings. The molecule has 0 saturated heterocycles. The molecular formula is C26H36N3O7+. The standard InChI is InChI=1S/C23H29N3O5.C3H6O2/c1-23(2,3)31-22(28)25(21-7-4-5-13-26(21)29)12-6-14-30-19-10-8-17-9-11-20(27)24-16-18(17)15-19;1-3(4)5-2/h4-5,7-8,10,13,15H,6,9,11-12,14,16H2,1-3H3,(H-,24,27,29);1-2H3/p+1. The highest BCUT2D eigenvalue weighted by Crippen LogP contribution is 2.22. The molecule has 2 heterocycles. The Morgan fingerprint density at radius 1 is 1.14 bits per heavy atom. The predicted molar refractivity (Wildman–Crippen MR) is 132 cm³/mol. The van der Waals surface area contributed by atoms with E-state index in [4.69, 9.17) is 9.47 Å². The van der Waals surface area contributed by atoms with Crippen molar-refractivity contribution in [3.63, 3.8) is 0 Å². The number of nitrogens with zero attached hydrogens (tertiary/aromatic N) is 2. The molecule has 0 atom stereocenters. The van der Waals surface area contributed by atoms with Crippen LogP contribution in [-0.4, -0.2) is 49.0 Å². The maximum atomic E-state index is 12.7. The lowest BCUT2D eigenvalue weighted by molar-refractivity contribution is -0.894. The van der Waals surface area contributed by atoms with Gasteiger partial charge in [-0.15, -0.1) is 0 Å². The van der Waals surface area contributed by atoms with Gasteiger partial charge in [-0.3, -0.25) is 9.59 Å². The molecule has 0 fully saturated rings. The first-order chi connectivity index (χ1) is 17.0. The van der Waals surface area contributed by atoms with Crippen LogP contribution in [0.15, 0.2) is 42.6 Å². The van der Waals surface area contributed by atoms with Crippen LogP contribution in [0.5, 0.6) is 5.75 Å². The van der Waals surface area contributed by atoms with Crippen molar-refractivity contribution in [2.75, 3.05) is 25.2 Å². The van der Waals surface area contributed by atoms with E-state index in [0.717, 1.165) is 28.0 Å². The monoisotopic (exact) mass is 502 g/mol. The Kier molecular flexibility index (Phi) is 10.5. The fourth-order valence-corrected chi connectivity index (χ4v) is 3.30. The van der Waals surface area contributed by atoms with E-state index in [1.165, 1.54) is 25.1 Å². The summed E-state index contributed by atoms with van der Waals surface area (Å²) in [6, 6.07) is 10.9. The van der Waals surface area contributed by atoms with Crippen molar-refractivity contribution in [2.45, 2.75) is 59.1 Å². The molecule has 0 aliphatic carbocycles. The van der Waals surface area contributed by atoms with Crippen LogP contribution in [0, 0.1) is 0 Å². The fourth-order valence-electron chi connectivity index (χ4n) is 3.30. The van der Waals surface area contributed by atoms with Gasteiger partial charge in [-0.05, 0) is 56.5 Å². The zero-order chi connectivity index (χ0) is 26.7. The van der Waals surface area contributed by atoms with Crippen LogP contribution >= 0.6 is 0 Å². The minimum atomic E-state index is -0.655. The summed E-state index contributed by atoms with van der Waals surface area (Å²) in [4.78, 5) is 35.3. The van der Waals surface area contributed by atoms with E-state index in [1.807, 2.05) is 18.2 Å². The van der Waals surface area contributed by atoms with Crippen molar-refractivity contribution < 1.29 is 38.5 Å². The number of methoxy groups -OCH3 is 1. The number of pyridine rings is 1. The number of aryl methyl sites for hydroxylation is 1. The Labute approximate surface area is 211 Å². The molecule has 36 heavy (non-hydrogen) atoms. The Hall–Kier alpha value is -3.82. The number of ether oxygens (including phenoxy) is 3. The zero-order valence-electron chi connectivity index (χ0n) is 21.6. The van der Waals surface area contributed by atoms with Gasteiger partial charge in [0.1, 0.15) is 24.1 Å². The minimum absolute atomic E-state index is 0.0583. The summed E-state index contributed by atoms with van der Waals surface area (Å²) in [6.07, 6.45) is 2.67. The summed E-state index contributed by atoms with van der Waals surface area (Å²) in [7, 11) is 1.35. The predicted octanol–water partition coefficient (Wildman–Crippen LogP) is 3.16. The molecule has 0 unspecified atom stereocenters. The molecule has 196 valence electrons. The summed E-state index contributed by atoms with van der Waals surface area (Å²) < 4.78 is 16.4. The first kappa shape index (κ1) is 28.4. The Morgan fingerprint density at radius 3 is 2.50 bits per heavy atom. The molecule has 10 nitrogen and oxygen atoms in total. The van der Waals surface area contributed by atoms with Gasteiger partial charge >= 0.3 is 17.9 Å². The van der Waals surface area contributed by atoms with Gasteiger partial charge in [-0.2, -0.15) is 9.69 Å². The van der Waals surface area contributed by atoms with Crippen molar-refractivity contribution in [1.29, 1.82) is 0 Å².